The van der Waals surface area contributed by atoms with Crippen molar-refractivity contribution in [2.45, 2.75) is 0 Å². The lowest BCUT2D eigenvalue weighted by Crippen LogP contribution is -2.51. The smallest absolute Gasteiger partial charge is 0.313 e. The van der Waals surface area contributed by atoms with Crippen LogP contribution in [0, 0.1) is 15.9 Å². The Hall–Kier alpha value is -3.49. The number of amides is 2. The van der Waals surface area contributed by atoms with Crippen LogP contribution in [0.15, 0.2) is 48.5 Å². The average molecular weight is 372 g/mol. The highest BCUT2D eigenvalue weighted by atomic mass is 19.1. The molecular weight excluding hydrogens is 355 g/mol. The highest BCUT2D eigenvalue weighted by Crippen LogP contribution is 2.18. The molecule has 2 aromatic carbocycles. The number of nitrogens with zero attached hydrogens (tertiary/aromatic N) is 3. The minimum atomic E-state index is -0.793. The molecule has 0 aliphatic carbocycles. The van der Waals surface area contributed by atoms with Gasteiger partial charge in [-0.1, -0.05) is 0 Å². The molecular formula is C18H17FN4O4. The minimum absolute atomic E-state index is 0.101. The summed E-state index contributed by atoms with van der Waals surface area (Å²) in [5.41, 5.74) is 1.07. The van der Waals surface area contributed by atoms with Crippen LogP contribution >= 0.6 is 0 Å². The van der Waals surface area contributed by atoms with Crippen LogP contribution in [0.5, 0.6) is 0 Å². The number of benzene rings is 2. The van der Waals surface area contributed by atoms with Crippen LogP contribution in [0.3, 0.4) is 0 Å². The van der Waals surface area contributed by atoms with Crippen LogP contribution in [-0.4, -0.2) is 47.8 Å². The first-order valence-corrected chi connectivity index (χ1v) is 8.29. The van der Waals surface area contributed by atoms with E-state index in [0.29, 0.717) is 31.9 Å². The fraction of sp³-hybridized carbons (Fsp3) is 0.222. The molecule has 1 heterocycles. The number of anilines is 2. The van der Waals surface area contributed by atoms with Gasteiger partial charge in [0, 0.05) is 49.7 Å². The molecule has 0 saturated carbocycles. The maximum atomic E-state index is 13.0. The van der Waals surface area contributed by atoms with Crippen molar-refractivity contribution in [1.29, 1.82) is 0 Å². The Kier molecular flexibility index (Phi) is 5.30. The highest BCUT2D eigenvalue weighted by molar-refractivity contribution is 6.39. The predicted molar refractivity (Wildman–Crippen MR) is 96.9 cm³/mol. The number of nitrogens with one attached hydrogen (secondary N) is 1. The number of nitro benzene ring substituents is 1. The number of hydrogen-bond acceptors (Lipinski definition) is 5. The SMILES string of the molecule is O=C(Nc1ccc([N+](=O)[O-])cc1)C(=O)N1CCN(c2ccc(F)cc2)CC1. The van der Waals surface area contributed by atoms with Gasteiger partial charge in [0.15, 0.2) is 0 Å². The van der Waals surface area contributed by atoms with Crippen molar-refractivity contribution in [2.75, 3.05) is 36.4 Å². The summed E-state index contributed by atoms with van der Waals surface area (Å²) in [6.07, 6.45) is 0. The Balaban J connectivity index is 1.54. The van der Waals surface area contributed by atoms with Crippen molar-refractivity contribution in [3.63, 3.8) is 0 Å². The summed E-state index contributed by atoms with van der Waals surface area (Å²) in [6, 6.07) is 11.4. The van der Waals surface area contributed by atoms with Crippen molar-refractivity contribution in [3.05, 3.63) is 64.5 Å². The third-order valence-electron chi connectivity index (χ3n) is 4.29. The first-order valence-electron chi connectivity index (χ1n) is 8.29. The Morgan fingerprint density at radius 1 is 0.963 bits per heavy atom. The predicted octanol–water partition coefficient (Wildman–Crippen LogP) is 2.02. The number of halogens is 1. The fourth-order valence-electron chi connectivity index (χ4n) is 2.81. The number of hydrogen-bond donors (Lipinski definition) is 1. The molecule has 0 unspecified atom stereocenters. The zero-order valence-electron chi connectivity index (χ0n) is 14.3. The zero-order valence-corrected chi connectivity index (χ0v) is 14.3. The standard InChI is InChI=1S/C18H17FN4O4/c19-13-1-5-15(6-2-13)21-9-11-22(12-10-21)18(25)17(24)20-14-3-7-16(8-4-14)23(26)27/h1-8H,9-12H2,(H,20,24). The second-order valence-electron chi connectivity index (χ2n) is 6.01. The summed E-state index contributed by atoms with van der Waals surface area (Å²) in [6.45, 7) is 1.79. The second-order valence-corrected chi connectivity index (χ2v) is 6.01. The fourth-order valence-corrected chi connectivity index (χ4v) is 2.81. The second kappa shape index (κ2) is 7.81. The Morgan fingerprint density at radius 3 is 2.11 bits per heavy atom. The summed E-state index contributed by atoms with van der Waals surface area (Å²) < 4.78 is 13.0. The molecule has 1 fully saturated rings. The van der Waals surface area contributed by atoms with Gasteiger partial charge >= 0.3 is 11.8 Å². The van der Waals surface area contributed by atoms with E-state index in [1.165, 1.54) is 41.3 Å². The maximum absolute atomic E-state index is 13.0. The molecule has 27 heavy (non-hydrogen) atoms. The van der Waals surface area contributed by atoms with E-state index in [-0.39, 0.29) is 11.5 Å². The largest absolute Gasteiger partial charge is 0.368 e. The molecule has 0 spiro atoms. The lowest BCUT2D eigenvalue weighted by molar-refractivity contribution is -0.384. The van der Waals surface area contributed by atoms with Gasteiger partial charge in [0.2, 0.25) is 0 Å². The quantitative estimate of drug-likeness (QED) is 0.505. The van der Waals surface area contributed by atoms with Crippen molar-refractivity contribution in [3.8, 4) is 0 Å². The molecule has 3 rings (SSSR count). The Morgan fingerprint density at radius 2 is 1.56 bits per heavy atom. The van der Waals surface area contributed by atoms with Crippen molar-refractivity contribution in [2.24, 2.45) is 0 Å². The monoisotopic (exact) mass is 372 g/mol. The minimum Gasteiger partial charge on any atom is -0.368 e. The van der Waals surface area contributed by atoms with Gasteiger partial charge in [-0.05, 0) is 36.4 Å². The van der Waals surface area contributed by atoms with Gasteiger partial charge in [0.05, 0.1) is 4.92 Å². The number of carbonyl (C=O) groups is 2. The van der Waals surface area contributed by atoms with Gasteiger partial charge in [-0.25, -0.2) is 4.39 Å². The molecule has 0 bridgehead atoms. The average Bonchev–Trinajstić information content (AvgIpc) is 2.68. The summed E-state index contributed by atoms with van der Waals surface area (Å²) in [7, 11) is 0. The van der Waals surface area contributed by atoms with Crippen LogP contribution in [0.4, 0.5) is 21.5 Å². The molecule has 9 heteroatoms. The van der Waals surface area contributed by atoms with E-state index in [9.17, 15) is 24.1 Å². The molecule has 1 aliphatic rings. The third kappa shape index (κ3) is 4.38. The Bertz CT molecular complexity index is 847. The van der Waals surface area contributed by atoms with Gasteiger partial charge in [-0.3, -0.25) is 19.7 Å². The van der Waals surface area contributed by atoms with E-state index in [1.807, 2.05) is 4.90 Å². The molecule has 1 saturated heterocycles. The van der Waals surface area contributed by atoms with E-state index in [0.717, 1.165) is 5.69 Å². The number of carbonyl (C=O) groups excluding carboxylic acids is 2. The van der Waals surface area contributed by atoms with Crippen LogP contribution < -0.4 is 10.2 Å². The van der Waals surface area contributed by atoms with Crippen LogP contribution in [0.25, 0.3) is 0 Å². The maximum Gasteiger partial charge on any atom is 0.313 e. The lowest BCUT2D eigenvalue weighted by atomic mass is 10.2. The van der Waals surface area contributed by atoms with Crippen LogP contribution in [0.2, 0.25) is 0 Å². The van der Waals surface area contributed by atoms with Crippen LogP contribution in [0.1, 0.15) is 0 Å². The Labute approximate surface area is 154 Å². The summed E-state index contributed by atoms with van der Waals surface area (Å²) in [4.78, 5) is 38.0. The van der Waals surface area contributed by atoms with Crippen molar-refractivity contribution < 1.29 is 18.9 Å². The van der Waals surface area contributed by atoms with E-state index < -0.39 is 16.7 Å². The van der Waals surface area contributed by atoms with Gasteiger partial charge in [0.1, 0.15) is 5.82 Å². The zero-order chi connectivity index (χ0) is 19.4. The highest BCUT2D eigenvalue weighted by Gasteiger charge is 2.26. The molecule has 2 aromatic rings. The molecule has 0 radical (unpaired) electrons. The summed E-state index contributed by atoms with van der Waals surface area (Å²) in [5.74, 6) is -1.76. The lowest BCUT2D eigenvalue weighted by Gasteiger charge is -2.35. The van der Waals surface area contributed by atoms with Gasteiger partial charge in [-0.15, -0.1) is 0 Å². The number of rotatable bonds is 3. The molecule has 2 amide bonds. The van der Waals surface area contributed by atoms with E-state index in [4.69, 9.17) is 0 Å². The van der Waals surface area contributed by atoms with Gasteiger partial charge < -0.3 is 15.1 Å². The first kappa shape index (κ1) is 18.3. The van der Waals surface area contributed by atoms with E-state index >= 15 is 0 Å². The van der Waals surface area contributed by atoms with Crippen LogP contribution in [-0.2, 0) is 9.59 Å². The molecule has 0 aromatic heterocycles. The number of piperazine rings is 1. The topological polar surface area (TPSA) is 95.8 Å². The number of nitro groups is 1. The molecule has 140 valence electrons. The summed E-state index contributed by atoms with van der Waals surface area (Å²) >= 11 is 0. The van der Waals surface area contributed by atoms with Gasteiger partial charge in [0.25, 0.3) is 5.69 Å². The van der Waals surface area contributed by atoms with Crippen molar-refractivity contribution >= 4 is 28.9 Å². The van der Waals surface area contributed by atoms with E-state index in [1.54, 1.807) is 12.1 Å². The number of non-ortho nitro benzene ring substituents is 1. The van der Waals surface area contributed by atoms with Gasteiger partial charge in [-0.2, -0.15) is 0 Å². The normalized spacial score (nSPS) is 14.0. The third-order valence-corrected chi connectivity index (χ3v) is 4.29. The summed E-state index contributed by atoms with van der Waals surface area (Å²) in [5, 5.41) is 13.1. The molecule has 1 aliphatic heterocycles. The first-order chi connectivity index (χ1) is 12.9. The van der Waals surface area contributed by atoms with Crippen molar-refractivity contribution in [1.82, 2.24) is 4.90 Å². The molecule has 8 nitrogen and oxygen atoms in total. The molecule has 0 atom stereocenters. The molecule has 1 N–H and O–H groups in total. The van der Waals surface area contributed by atoms with E-state index in [2.05, 4.69) is 5.32 Å².